The zero-order valence-corrected chi connectivity index (χ0v) is 16.5. The Morgan fingerprint density at radius 3 is 2.88 bits per heavy atom. The summed E-state index contributed by atoms with van der Waals surface area (Å²) in [6, 6.07) is 13.0. The van der Waals surface area contributed by atoms with Gasteiger partial charge in [-0.2, -0.15) is 9.61 Å². The van der Waals surface area contributed by atoms with Gasteiger partial charge in [-0.3, -0.25) is 4.79 Å². The van der Waals surface area contributed by atoms with Gasteiger partial charge in [0.1, 0.15) is 17.1 Å². The van der Waals surface area contributed by atoms with Crippen LogP contribution in [-0.2, 0) is 0 Å². The van der Waals surface area contributed by atoms with Crippen LogP contribution in [0.4, 0.5) is 5.69 Å². The lowest BCUT2D eigenvalue weighted by Gasteiger charge is -2.12. The number of aromatic nitrogens is 4. The first-order valence-electron chi connectivity index (χ1n) is 7.57. The van der Waals surface area contributed by atoms with Crippen molar-refractivity contribution in [3.63, 3.8) is 0 Å². The van der Waals surface area contributed by atoms with Gasteiger partial charge in [0.05, 0.1) is 18.4 Å². The van der Waals surface area contributed by atoms with Gasteiger partial charge >= 0.3 is 0 Å². The second-order valence-electron chi connectivity index (χ2n) is 5.31. The van der Waals surface area contributed by atoms with Crippen molar-refractivity contribution >= 4 is 50.5 Å². The van der Waals surface area contributed by atoms with Crippen LogP contribution >= 0.6 is 33.9 Å². The first-order valence-corrected chi connectivity index (χ1v) is 9.46. The maximum absolute atomic E-state index is 12.6. The predicted molar refractivity (Wildman–Crippen MR) is 108 cm³/mol. The molecule has 2 heterocycles. The number of benzene rings is 2. The molecule has 9 heteroatoms. The topological polar surface area (TPSA) is 81.4 Å². The van der Waals surface area contributed by atoms with Gasteiger partial charge in [0.25, 0.3) is 5.91 Å². The van der Waals surface area contributed by atoms with Gasteiger partial charge in [0.15, 0.2) is 0 Å². The summed E-state index contributed by atoms with van der Waals surface area (Å²) in [5.41, 5.74) is 2.05. The van der Waals surface area contributed by atoms with Crippen molar-refractivity contribution in [1.82, 2.24) is 19.8 Å². The fraction of sp³-hybridized carbons (Fsp3) is 0.0588. The van der Waals surface area contributed by atoms with Gasteiger partial charge in [-0.05, 0) is 52.9 Å². The van der Waals surface area contributed by atoms with E-state index in [0.29, 0.717) is 22.0 Å². The lowest BCUT2D eigenvalue weighted by atomic mass is 10.1. The van der Waals surface area contributed by atoms with Crippen molar-refractivity contribution in [2.45, 2.75) is 0 Å². The molecule has 4 aromatic rings. The van der Waals surface area contributed by atoms with Crippen LogP contribution < -0.4 is 10.1 Å². The molecular formula is C17H12IN5O2S. The number of carbonyl (C=O) groups is 1. The molecule has 0 bridgehead atoms. The van der Waals surface area contributed by atoms with Gasteiger partial charge in [-0.15, -0.1) is 10.2 Å². The molecule has 0 aliphatic carbocycles. The Balaban J connectivity index is 1.69. The summed E-state index contributed by atoms with van der Waals surface area (Å²) in [5, 5.41) is 16.0. The van der Waals surface area contributed by atoms with E-state index < -0.39 is 0 Å². The molecule has 0 aliphatic heterocycles. The Hall–Kier alpha value is -2.53. The quantitative estimate of drug-likeness (QED) is 0.454. The van der Waals surface area contributed by atoms with E-state index in [1.807, 2.05) is 36.4 Å². The smallest absolute Gasteiger partial charge is 0.256 e. The van der Waals surface area contributed by atoms with Crippen LogP contribution in [0.3, 0.4) is 0 Å². The second-order valence-corrected chi connectivity index (χ2v) is 7.43. The number of nitrogens with zero attached hydrogens (tertiary/aromatic N) is 4. The molecule has 7 nitrogen and oxygen atoms in total. The molecule has 0 spiro atoms. The Kier molecular flexibility index (Phi) is 4.55. The van der Waals surface area contributed by atoms with E-state index in [2.05, 4.69) is 43.2 Å². The van der Waals surface area contributed by atoms with Gasteiger partial charge in [-0.1, -0.05) is 23.5 Å². The summed E-state index contributed by atoms with van der Waals surface area (Å²) < 4.78 is 7.89. The normalized spacial score (nSPS) is 10.8. The van der Waals surface area contributed by atoms with E-state index >= 15 is 0 Å². The van der Waals surface area contributed by atoms with Crippen LogP contribution in [0.15, 0.2) is 48.8 Å². The van der Waals surface area contributed by atoms with E-state index in [-0.39, 0.29) is 5.91 Å². The maximum Gasteiger partial charge on any atom is 0.256 e. The third-order valence-corrected chi connectivity index (χ3v) is 5.60. The first-order chi connectivity index (χ1) is 12.7. The molecule has 2 aromatic heterocycles. The number of methoxy groups -OCH3 is 1. The Morgan fingerprint density at radius 2 is 2.12 bits per heavy atom. The molecule has 1 amide bonds. The number of nitrogens with one attached hydrogen (secondary N) is 1. The largest absolute Gasteiger partial charge is 0.495 e. The molecule has 26 heavy (non-hydrogen) atoms. The molecule has 4 rings (SSSR count). The molecule has 0 aliphatic rings. The van der Waals surface area contributed by atoms with E-state index in [4.69, 9.17) is 4.74 Å². The number of carbonyl (C=O) groups excluding carboxylic acids is 1. The van der Waals surface area contributed by atoms with Gasteiger partial charge in [0, 0.05) is 9.13 Å². The number of ether oxygens (including phenoxy) is 1. The molecule has 0 radical (unpaired) electrons. The van der Waals surface area contributed by atoms with E-state index in [0.717, 1.165) is 14.1 Å². The van der Waals surface area contributed by atoms with Crippen LogP contribution in [0.25, 0.3) is 15.5 Å². The minimum absolute atomic E-state index is 0.191. The lowest BCUT2D eigenvalue weighted by Crippen LogP contribution is -2.14. The standard InChI is InChI=1S/C17H12IN5O2S/c1-25-14-7-6-10(16-22-23-9-19-21-17(23)26-16)8-13(14)20-15(24)11-4-2-3-5-12(11)18/h2-9H,1H3,(H,20,24). The molecular weight excluding hydrogens is 465 g/mol. The summed E-state index contributed by atoms with van der Waals surface area (Å²) in [5.74, 6) is 0.389. The molecule has 0 saturated carbocycles. The van der Waals surface area contributed by atoms with E-state index in [1.54, 1.807) is 24.0 Å². The van der Waals surface area contributed by atoms with Crippen LogP contribution in [0.5, 0.6) is 5.75 Å². The summed E-state index contributed by atoms with van der Waals surface area (Å²) in [6.07, 6.45) is 1.55. The highest BCUT2D eigenvalue weighted by atomic mass is 127. The van der Waals surface area contributed by atoms with Crippen LogP contribution in [-0.4, -0.2) is 32.8 Å². The Morgan fingerprint density at radius 1 is 1.27 bits per heavy atom. The lowest BCUT2D eigenvalue weighted by molar-refractivity contribution is 0.102. The molecule has 2 aromatic carbocycles. The monoisotopic (exact) mass is 477 g/mol. The van der Waals surface area contributed by atoms with Crippen molar-refractivity contribution in [2.75, 3.05) is 12.4 Å². The molecule has 0 unspecified atom stereocenters. The Bertz CT molecular complexity index is 1080. The highest BCUT2D eigenvalue weighted by Gasteiger charge is 2.15. The molecule has 0 saturated heterocycles. The van der Waals surface area contributed by atoms with Gasteiger partial charge in [-0.25, -0.2) is 0 Å². The Labute approximate surface area is 166 Å². The van der Waals surface area contributed by atoms with E-state index in [1.165, 1.54) is 11.3 Å². The minimum atomic E-state index is -0.191. The average Bonchev–Trinajstić information content (AvgIpc) is 3.24. The fourth-order valence-electron chi connectivity index (χ4n) is 2.45. The van der Waals surface area contributed by atoms with Crippen molar-refractivity contribution in [1.29, 1.82) is 0 Å². The number of fused-ring (bicyclic) bond motifs is 1. The summed E-state index contributed by atoms with van der Waals surface area (Å²) in [6.45, 7) is 0. The highest BCUT2D eigenvalue weighted by Crippen LogP contribution is 2.33. The van der Waals surface area contributed by atoms with E-state index in [9.17, 15) is 4.79 Å². The highest BCUT2D eigenvalue weighted by molar-refractivity contribution is 14.1. The zero-order chi connectivity index (χ0) is 18.1. The van der Waals surface area contributed by atoms with Crippen LogP contribution in [0.2, 0.25) is 0 Å². The van der Waals surface area contributed by atoms with Crippen LogP contribution in [0.1, 0.15) is 10.4 Å². The summed E-state index contributed by atoms with van der Waals surface area (Å²) >= 11 is 3.56. The predicted octanol–water partition coefficient (Wildman–Crippen LogP) is 3.72. The third kappa shape index (κ3) is 3.15. The molecule has 0 atom stereocenters. The zero-order valence-electron chi connectivity index (χ0n) is 13.5. The van der Waals surface area contributed by atoms with Gasteiger partial charge in [0.2, 0.25) is 4.96 Å². The minimum Gasteiger partial charge on any atom is -0.495 e. The fourth-order valence-corrected chi connectivity index (χ4v) is 3.90. The summed E-state index contributed by atoms with van der Waals surface area (Å²) in [4.78, 5) is 13.4. The van der Waals surface area contributed by atoms with Crippen LogP contribution in [0, 0.1) is 3.57 Å². The maximum atomic E-state index is 12.6. The number of hydrogen-bond donors (Lipinski definition) is 1. The SMILES string of the molecule is COc1ccc(-c2nn3cnnc3s2)cc1NC(=O)c1ccccc1I. The van der Waals surface area contributed by atoms with Crippen molar-refractivity contribution < 1.29 is 9.53 Å². The number of hydrogen-bond acceptors (Lipinski definition) is 6. The van der Waals surface area contributed by atoms with Crippen molar-refractivity contribution in [3.8, 4) is 16.3 Å². The van der Waals surface area contributed by atoms with Crippen molar-refractivity contribution in [3.05, 3.63) is 57.9 Å². The number of rotatable bonds is 4. The van der Waals surface area contributed by atoms with Crippen molar-refractivity contribution in [2.24, 2.45) is 0 Å². The van der Waals surface area contributed by atoms with Gasteiger partial charge < -0.3 is 10.1 Å². The number of amides is 1. The summed E-state index contributed by atoms with van der Waals surface area (Å²) in [7, 11) is 1.57. The number of halogens is 1. The second kappa shape index (κ2) is 7.00. The number of anilines is 1. The molecule has 130 valence electrons. The molecule has 1 N–H and O–H groups in total. The molecule has 0 fully saturated rings. The average molecular weight is 477 g/mol. The first kappa shape index (κ1) is 16.9. The third-order valence-electron chi connectivity index (χ3n) is 3.70.